The predicted octanol–water partition coefficient (Wildman–Crippen LogP) is 4.27. The largest absolute Gasteiger partial charge is 0.120 e. The van der Waals surface area contributed by atoms with Crippen molar-refractivity contribution in [2.75, 3.05) is 0 Å². The Bertz CT molecular complexity index is 159. The molecule has 0 spiro atoms. The van der Waals surface area contributed by atoms with Gasteiger partial charge in [0.05, 0.1) is 0 Å². The molecule has 0 N–H and O–H groups in total. The second-order valence-electron chi connectivity index (χ2n) is 3.63. The molecule has 0 aliphatic heterocycles. The van der Waals surface area contributed by atoms with E-state index >= 15 is 0 Å². The first-order valence-electron chi connectivity index (χ1n) is 5.10. The molecule has 0 nitrogen and oxygen atoms in total. The Hall–Kier alpha value is -0.700. The Morgan fingerprint density at radius 3 is 1.77 bits per heavy atom. The maximum atomic E-state index is 5.03. The Morgan fingerprint density at radius 2 is 1.77 bits per heavy atom. The molecule has 2 atom stereocenters. The minimum atomic E-state index is 0.463. The van der Waals surface area contributed by atoms with Gasteiger partial charge in [0.15, 0.2) is 0 Å². The third kappa shape index (κ3) is 11.3. The van der Waals surface area contributed by atoms with Crippen molar-refractivity contribution in [3.63, 3.8) is 0 Å². The van der Waals surface area contributed by atoms with Gasteiger partial charge in [-0.3, -0.25) is 0 Å². The first kappa shape index (κ1) is 14.8. The molecule has 0 aromatic carbocycles. The molecular weight excluding hydrogens is 156 g/mol. The van der Waals surface area contributed by atoms with Gasteiger partial charge in [-0.25, -0.2) is 0 Å². The van der Waals surface area contributed by atoms with E-state index in [9.17, 15) is 0 Å². The molecule has 0 bridgehead atoms. The molecule has 76 valence electrons. The highest BCUT2D eigenvalue weighted by Gasteiger charge is 1.94. The quantitative estimate of drug-likeness (QED) is 0.449. The fourth-order valence-corrected chi connectivity index (χ4v) is 0.466. The van der Waals surface area contributed by atoms with Crippen LogP contribution in [0.15, 0.2) is 12.2 Å². The summed E-state index contributed by atoms with van der Waals surface area (Å²) in [6.45, 7) is 14.4. The molecule has 0 saturated carbocycles. The summed E-state index contributed by atoms with van der Waals surface area (Å²) in [5.41, 5.74) is 1.29. The van der Waals surface area contributed by atoms with E-state index in [1.165, 1.54) is 12.0 Å². The SMILES string of the molecule is C#C[C@H](C)CC.C=C(C)[C@H](C)CC. The Balaban J connectivity index is 0. The van der Waals surface area contributed by atoms with Crippen molar-refractivity contribution in [3.8, 4) is 12.3 Å². The van der Waals surface area contributed by atoms with Gasteiger partial charge in [-0.1, -0.05) is 39.8 Å². The van der Waals surface area contributed by atoms with Crippen LogP contribution in [-0.4, -0.2) is 0 Å². The fraction of sp³-hybridized carbons (Fsp3) is 0.692. The Morgan fingerprint density at radius 1 is 1.31 bits per heavy atom. The summed E-state index contributed by atoms with van der Waals surface area (Å²) in [5.74, 6) is 3.79. The minimum absolute atomic E-state index is 0.463. The molecule has 0 aromatic rings. The molecule has 0 aliphatic rings. The van der Waals surface area contributed by atoms with Crippen LogP contribution in [0.1, 0.15) is 47.5 Å². The lowest BCUT2D eigenvalue weighted by atomic mass is 10.0. The van der Waals surface area contributed by atoms with Crippen molar-refractivity contribution >= 4 is 0 Å². The van der Waals surface area contributed by atoms with E-state index < -0.39 is 0 Å². The second-order valence-corrected chi connectivity index (χ2v) is 3.63. The summed E-state index contributed by atoms with van der Waals surface area (Å²) < 4.78 is 0. The van der Waals surface area contributed by atoms with Crippen molar-refractivity contribution < 1.29 is 0 Å². The van der Waals surface area contributed by atoms with Crippen LogP contribution in [0.25, 0.3) is 0 Å². The van der Waals surface area contributed by atoms with Crippen LogP contribution in [-0.2, 0) is 0 Å². The Labute approximate surface area is 84.4 Å². The van der Waals surface area contributed by atoms with Crippen LogP contribution < -0.4 is 0 Å². The molecule has 0 amide bonds. The van der Waals surface area contributed by atoms with E-state index in [-0.39, 0.29) is 0 Å². The topological polar surface area (TPSA) is 0 Å². The molecule has 0 heterocycles. The van der Waals surface area contributed by atoms with Gasteiger partial charge in [0, 0.05) is 5.92 Å². The van der Waals surface area contributed by atoms with E-state index in [0.29, 0.717) is 11.8 Å². The summed E-state index contributed by atoms with van der Waals surface area (Å²) in [4.78, 5) is 0. The summed E-state index contributed by atoms with van der Waals surface area (Å²) >= 11 is 0. The lowest BCUT2D eigenvalue weighted by Gasteiger charge is -2.04. The molecule has 0 fully saturated rings. The van der Waals surface area contributed by atoms with Crippen LogP contribution in [0, 0.1) is 24.2 Å². The second kappa shape index (κ2) is 9.39. The van der Waals surface area contributed by atoms with E-state index in [1.54, 1.807) is 0 Å². The van der Waals surface area contributed by atoms with Gasteiger partial charge < -0.3 is 0 Å². The van der Waals surface area contributed by atoms with Gasteiger partial charge in [0.25, 0.3) is 0 Å². The lowest BCUT2D eigenvalue weighted by Crippen LogP contribution is -1.89. The van der Waals surface area contributed by atoms with Gasteiger partial charge in [0.1, 0.15) is 0 Å². The molecule has 0 unspecified atom stereocenters. The van der Waals surface area contributed by atoms with Gasteiger partial charge in [-0.15, -0.1) is 12.3 Å². The average Bonchev–Trinajstić information content (AvgIpc) is 2.16. The van der Waals surface area contributed by atoms with Crippen molar-refractivity contribution in [1.29, 1.82) is 0 Å². The third-order valence-electron chi connectivity index (χ3n) is 2.35. The first-order chi connectivity index (χ1) is 5.99. The predicted molar refractivity (Wildman–Crippen MR) is 62.6 cm³/mol. The Kier molecular flexibility index (Phi) is 10.7. The van der Waals surface area contributed by atoms with Crippen LogP contribution >= 0.6 is 0 Å². The van der Waals surface area contributed by atoms with Gasteiger partial charge in [-0.2, -0.15) is 0 Å². The van der Waals surface area contributed by atoms with Crippen LogP contribution in [0.3, 0.4) is 0 Å². The monoisotopic (exact) mass is 180 g/mol. The zero-order valence-electron chi connectivity index (χ0n) is 9.85. The molecule has 0 aliphatic carbocycles. The maximum absolute atomic E-state index is 5.03. The normalized spacial score (nSPS) is 13.2. The maximum Gasteiger partial charge on any atom is 0.0169 e. The number of rotatable bonds is 3. The van der Waals surface area contributed by atoms with Crippen LogP contribution in [0.4, 0.5) is 0 Å². The molecule has 13 heavy (non-hydrogen) atoms. The van der Waals surface area contributed by atoms with Gasteiger partial charge >= 0.3 is 0 Å². The number of hydrogen-bond acceptors (Lipinski definition) is 0. The number of allylic oxidation sites excluding steroid dienone is 1. The number of terminal acetylenes is 1. The highest BCUT2D eigenvalue weighted by atomic mass is 14.0. The molecule has 0 aromatic heterocycles. The van der Waals surface area contributed by atoms with E-state index in [1.807, 2.05) is 6.92 Å². The van der Waals surface area contributed by atoms with Crippen molar-refractivity contribution in [1.82, 2.24) is 0 Å². The highest BCUT2D eigenvalue weighted by Crippen LogP contribution is 2.09. The average molecular weight is 180 g/mol. The van der Waals surface area contributed by atoms with Gasteiger partial charge in [0.2, 0.25) is 0 Å². The summed E-state index contributed by atoms with van der Waals surface area (Å²) in [7, 11) is 0. The van der Waals surface area contributed by atoms with E-state index in [4.69, 9.17) is 6.42 Å². The summed E-state index contributed by atoms with van der Waals surface area (Å²) in [5, 5.41) is 0. The molecule has 0 rings (SSSR count). The molecule has 0 saturated heterocycles. The zero-order valence-corrected chi connectivity index (χ0v) is 9.85. The lowest BCUT2D eigenvalue weighted by molar-refractivity contribution is 0.658. The van der Waals surface area contributed by atoms with Gasteiger partial charge in [-0.05, 0) is 25.7 Å². The van der Waals surface area contributed by atoms with Crippen LogP contribution in [0.2, 0.25) is 0 Å². The van der Waals surface area contributed by atoms with Crippen molar-refractivity contribution in [3.05, 3.63) is 12.2 Å². The summed E-state index contributed by atoms with van der Waals surface area (Å²) in [6.07, 6.45) is 7.34. The van der Waals surface area contributed by atoms with E-state index in [0.717, 1.165) is 6.42 Å². The standard InChI is InChI=1S/C7H14.C6H10/c1-5-7(4)6(2)3;1-4-6(3)5-2/h7H,2,5H2,1,3-4H3;1,6H,5H2,2-3H3/t7-;6-/m10/s1. The molecular formula is C13H24. The van der Waals surface area contributed by atoms with Crippen LogP contribution in [0.5, 0.6) is 0 Å². The first-order valence-corrected chi connectivity index (χ1v) is 5.10. The van der Waals surface area contributed by atoms with E-state index in [2.05, 4.69) is 40.2 Å². The minimum Gasteiger partial charge on any atom is -0.120 e. The molecule has 0 heteroatoms. The van der Waals surface area contributed by atoms with Crippen molar-refractivity contribution in [2.24, 2.45) is 11.8 Å². The van der Waals surface area contributed by atoms with Crippen molar-refractivity contribution in [2.45, 2.75) is 47.5 Å². The zero-order chi connectivity index (χ0) is 10.9. The summed E-state index contributed by atoms with van der Waals surface area (Å²) in [6, 6.07) is 0. The number of hydrogen-bond donors (Lipinski definition) is 0. The smallest absolute Gasteiger partial charge is 0.0169 e. The third-order valence-corrected chi connectivity index (χ3v) is 2.35. The fourth-order valence-electron chi connectivity index (χ4n) is 0.466. The highest BCUT2D eigenvalue weighted by molar-refractivity contribution is 4.92. The molecule has 0 radical (unpaired) electrons.